The molecule has 1 saturated heterocycles. The van der Waals surface area contributed by atoms with Crippen molar-refractivity contribution >= 4 is 40.6 Å². The first-order chi connectivity index (χ1) is 20.1. The summed E-state index contributed by atoms with van der Waals surface area (Å²) in [5, 5.41) is 0. The van der Waals surface area contributed by atoms with Crippen molar-refractivity contribution in [2.45, 2.75) is 0 Å². The van der Waals surface area contributed by atoms with Gasteiger partial charge in [0, 0.05) is 0 Å². The molecule has 42 heavy (non-hydrogen) atoms. The van der Waals surface area contributed by atoms with Crippen LogP contribution in [0.1, 0.15) is 0 Å². The van der Waals surface area contributed by atoms with E-state index in [9.17, 15) is 0 Å². The number of hydrogen-bond donors (Lipinski definition) is 0. The zero-order chi connectivity index (χ0) is 30.1. The van der Waals surface area contributed by atoms with Crippen LogP contribution in [0.5, 0.6) is 0 Å². The van der Waals surface area contributed by atoms with E-state index in [1.807, 2.05) is 0 Å². The summed E-state index contributed by atoms with van der Waals surface area (Å²) < 4.78 is 1.18. The molecule has 0 aromatic heterocycles. The number of hydrogen-bond acceptors (Lipinski definition) is 6. The van der Waals surface area contributed by atoms with Crippen LogP contribution < -0.4 is 19.4 Å². The quantitative estimate of drug-likeness (QED) is 0.228. The molecular weight excluding hydrogens is 697 g/mol. The molecule has 9 heteroatoms. The second-order valence-corrected chi connectivity index (χ2v) is 12.7. The van der Waals surface area contributed by atoms with Crippen molar-refractivity contribution in [2.75, 3.05) is 75.8 Å². The van der Waals surface area contributed by atoms with Gasteiger partial charge in [0.2, 0.25) is 0 Å². The summed E-state index contributed by atoms with van der Waals surface area (Å²) in [4.78, 5) is 13.8. The number of nitrogens with zero attached hydrogens (tertiary/aromatic N) is 6. The summed E-state index contributed by atoms with van der Waals surface area (Å²) in [6, 6.07) is 35.4. The van der Waals surface area contributed by atoms with Gasteiger partial charge in [0.05, 0.1) is 0 Å². The first-order valence-electron chi connectivity index (χ1n) is 14.2. The van der Waals surface area contributed by atoms with E-state index in [0.29, 0.717) is 0 Å². The van der Waals surface area contributed by atoms with Crippen LogP contribution in [0.15, 0.2) is 97.1 Å². The van der Waals surface area contributed by atoms with Gasteiger partial charge in [-0.25, -0.2) is 0 Å². The Bertz CT molecular complexity index is 1390. The van der Waals surface area contributed by atoms with Crippen LogP contribution in [-0.4, -0.2) is 83.9 Å². The van der Waals surface area contributed by atoms with Crippen molar-refractivity contribution in [1.82, 2.24) is 9.62 Å². The van der Waals surface area contributed by atoms with Crippen LogP contribution in [0.2, 0.25) is 0 Å². The molecule has 0 bridgehead atoms. The Balaban J connectivity index is 1.45. The molecule has 4 aromatic carbocycles. The SMILES string of the molecule is CN(C)B1B(N(C)C)N(c2ccc(-c3ccc(N(C)C)cc3)cc2)[C](=[Pt])N1c1ccc(-c2ccc(N(C)C)cc2)cc1. The molecule has 5 rings (SSSR count). The Morgan fingerprint density at radius 3 is 0.929 bits per heavy atom. The molecule has 1 aliphatic rings. The van der Waals surface area contributed by atoms with E-state index in [1.165, 1.54) is 49.1 Å². The first-order valence-corrected chi connectivity index (χ1v) is 15.4. The van der Waals surface area contributed by atoms with Gasteiger partial charge < -0.3 is 0 Å². The summed E-state index contributed by atoms with van der Waals surface area (Å²) in [6.07, 6.45) is 0. The zero-order valence-electron chi connectivity index (χ0n) is 25.9. The van der Waals surface area contributed by atoms with Gasteiger partial charge in [0.25, 0.3) is 0 Å². The zero-order valence-corrected chi connectivity index (χ0v) is 28.2. The third-order valence-corrected chi connectivity index (χ3v) is 9.04. The van der Waals surface area contributed by atoms with Gasteiger partial charge in [0.15, 0.2) is 0 Å². The van der Waals surface area contributed by atoms with Crippen molar-refractivity contribution < 1.29 is 19.4 Å². The fraction of sp³-hybridized carbons (Fsp3) is 0.242. The van der Waals surface area contributed by atoms with Crippen LogP contribution in [0.25, 0.3) is 22.3 Å². The second-order valence-electron chi connectivity index (χ2n) is 11.7. The van der Waals surface area contributed by atoms with Gasteiger partial charge in [-0.3, -0.25) is 0 Å². The van der Waals surface area contributed by atoms with Gasteiger partial charge in [-0.2, -0.15) is 0 Å². The van der Waals surface area contributed by atoms with E-state index < -0.39 is 0 Å². The van der Waals surface area contributed by atoms with E-state index in [1.54, 1.807) is 0 Å². The Morgan fingerprint density at radius 2 is 0.690 bits per heavy atom. The van der Waals surface area contributed by atoms with Crippen LogP contribution in [0.4, 0.5) is 22.7 Å². The molecule has 0 spiro atoms. The minimum absolute atomic E-state index is 0.121. The maximum atomic E-state index is 2.50. The topological polar surface area (TPSA) is 19.4 Å². The van der Waals surface area contributed by atoms with Gasteiger partial charge in [-0.05, 0) is 0 Å². The summed E-state index contributed by atoms with van der Waals surface area (Å²) >= 11 is 2.50. The predicted molar refractivity (Wildman–Crippen MR) is 181 cm³/mol. The van der Waals surface area contributed by atoms with E-state index in [4.69, 9.17) is 0 Å². The Kier molecular flexibility index (Phi) is 8.98. The van der Waals surface area contributed by atoms with E-state index in [2.05, 4.69) is 202 Å². The molecule has 0 saturated carbocycles. The molecule has 218 valence electrons. The molecule has 0 atom stereocenters. The van der Waals surface area contributed by atoms with Gasteiger partial charge in [0.1, 0.15) is 0 Å². The van der Waals surface area contributed by atoms with Crippen molar-refractivity contribution in [3.8, 4) is 22.3 Å². The normalized spacial score (nSPS) is 13.6. The average Bonchev–Trinajstić information content (AvgIpc) is 3.31. The molecule has 1 fully saturated rings. The molecule has 6 nitrogen and oxygen atoms in total. The van der Waals surface area contributed by atoms with Crippen LogP contribution in [0.3, 0.4) is 0 Å². The molecule has 0 N–H and O–H groups in total. The van der Waals surface area contributed by atoms with Crippen LogP contribution in [0, 0.1) is 0 Å². The summed E-state index contributed by atoms with van der Waals surface area (Å²) in [5.74, 6) is 0. The molecular formula is C33H40B2N6Pt. The molecule has 0 radical (unpaired) electrons. The maximum absolute atomic E-state index is 2.50. The number of rotatable bonds is 8. The van der Waals surface area contributed by atoms with Crippen molar-refractivity contribution in [1.29, 1.82) is 0 Å². The second kappa shape index (κ2) is 12.5. The van der Waals surface area contributed by atoms with Crippen LogP contribution in [-0.2, 0) is 19.4 Å². The Labute approximate surface area is 263 Å². The molecule has 0 aliphatic carbocycles. The fourth-order valence-corrected chi connectivity index (χ4v) is 6.80. The molecule has 1 heterocycles. The molecule has 1 aliphatic heterocycles. The van der Waals surface area contributed by atoms with Crippen molar-refractivity contribution in [3.05, 3.63) is 97.1 Å². The Hall–Kier alpha value is -3.31. The average molecular weight is 737 g/mol. The first kappa shape index (κ1) is 30.2. The van der Waals surface area contributed by atoms with Gasteiger partial charge in [-0.15, -0.1) is 0 Å². The van der Waals surface area contributed by atoms with Crippen molar-refractivity contribution in [3.63, 3.8) is 0 Å². The number of anilines is 4. The minimum atomic E-state index is 0.121. The molecule has 4 aromatic rings. The van der Waals surface area contributed by atoms with Crippen molar-refractivity contribution in [2.24, 2.45) is 0 Å². The third-order valence-electron chi connectivity index (χ3n) is 7.95. The third kappa shape index (κ3) is 5.94. The monoisotopic (exact) mass is 737 g/mol. The van der Waals surface area contributed by atoms with E-state index >= 15 is 0 Å². The fourth-order valence-electron chi connectivity index (χ4n) is 5.62. The van der Waals surface area contributed by atoms with Gasteiger partial charge in [-0.1, -0.05) is 0 Å². The predicted octanol–water partition coefficient (Wildman–Crippen LogP) is 5.29. The summed E-state index contributed by atoms with van der Waals surface area (Å²) in [6.45, 7) is 0.243. The standard InChI is InChI=1S/C33H40B2N6.Pt/c1-36(2)30-17-9-26(10-18-30)28-13-21-32(22-14-28)40-25-41(35(39(7)8)34(40)38(5)6)33-23-15-29(16-24-33)27-11-19-31(20-12-27)37(3)4;/h9-24H,1-8H3;. The summed E-state index contributed by atoms with van der Waals surface area (Å²) in [5.41, 5.74) is 9.65. The molecule has 0 amide bonds. The van der Waals surface area contributed by atoms with E-state index in [0.717, 1.165) is 0 Å². The van der Waals surface area contributed by atoms with Gasteiger partial charge >= 0.3 is 265 Å². The number of benzene rings is 4. The summed E-state index contributed by atoms with van der Waals surface area (Å²) in [7, 11) is 17.0. The molecule has 0 unspecified atom stereocenters. The van der Waals surface area contributed by atoms with E-state index in [-0.39, 0.29) is 13.7 Å². The van der Waals surface area contributed by atoms with Crippen LogP contribution >= 0.6 is 0 Å². The Morgan fingerprint density at radius 1 is 0.429 bits per heavy atom.